The molecule has 2 aliphatic rings. The zero-order chi connectivity index (χ0) is 17.0. The first kappa shape index (κ1) is 16.2. The first-order valence-electron chi connectivity index (χ1n) is 7.18. The van der Waals surface area contributed by atoms with E-state index in [1.807, 2.05) is 11.9 Å². The maximum Gasteiger partial charge on any atom is 0.421 e. The maximum atomic E-state index is 13.4. The summed E-state index contributed by atoms with van der Waals surface area (Å²) >= 11 is 0. The van der Waals surface area contributed by atoms with Crippen LogP contribution in [0.25, 0.3) is 0 Å². The van der Waals surface area contributed by atoms with Crippen LogP contribution in [0.4, 0.5) is 13.2 Å². The molecule has 5 nitrogen and oxygen atoms in total. The average Bonchev–Trinajstić information content (AvgIpc) is 2.91. The number of rotatable bonds is 2. The van der Waals surface area contributed by atoms with Gasteiger partial charge in [0.05, 0.1) is 7.11 Å². The molecule has 8 heteroatoms. The van der Waals surface area contributed by atoms with Crippen LogP contribution in [0.5, 0.6) is 17.2 Å². The summed E-state index contributed by atoms with van der Waals surface area (Å²) in [6.45, 7) is 1.54. The zero-order valence-electron chi connectivity index (χ0n) is 13.1. The molecule has 3 rings (SSSR count). The zero-order valence-corrected chi connectivity index (χ0v) is 13.1. The van der Waals surface area contributed by atoms with Crippen molar-refractivity contribution < 1.29 is 32.5 Å². The van der Waals surface area contributed by atoms with Crippen molar-refractivity contribution in [3.8, 4) is 17.2 Å². The Labute approximate surface area is 131 Å². The minimum Gasteiger partial charge on any atom is -0.492 e. The van der Waals surface area contributed by atoms with E-state index in [9.17, 15) is 18.3 Å². The number of fused-ring (bicyclic) bond motifs is 2. The van der Waals surface area contributed by atoms with Crippen molar-refractivity contribution in [3.63, 3.8) is 0 Å². The Balaban J connectivity index is 2.33. The molecule has 0 spiro atoms. The van der Waals surface area contributed by atoms with E-state index in [1.165, 1.54) is 7.11 Å². The highest BCUT2D eigenvalue weighted by Crippen LogP contribution is 2.55. The number of hydrogen-bond acceptors (Lipinski definition) is 5. The molecule has 23 heavy (non-hydrogen) atoms. The van der Waals surface area contributed by atoms with E-state index < -0.39 is 11.8 Å². The minimum absolute atomic E-state index is 0.0764. The van der Waals surface area contributed by atoms with Crippen LogP contribution in [0.1, 0.15) is 23.6 Å². The Kier molecular flexibility index (Phi) is 3.64. The molecule has 1 aromatic carbocycles. The van der Waals surface area contributed by atoms with E-state index in [4.69, 9.17) is 14.2 Å². The van der Waals surface area contributed by atoms with Crippen LogP contribution in [0.3, 0.4) is 0 Å². The summed E-state index contributed by atoms with van der Waals surface area (Å²) in [5.41, 5.74) is -2.27. The van der Waals surface area contributed by atoms with E-state index in [0.29, 0.717) is 36.4 Å². The summed E-state index contributed by atoms with van der Waals surface area (Å²) in [6, 6.07) is 0. The van der Waals surface area contributed by atoms with Crippen molar-refractivity contribution in [3.05, 3.63) is 16.7 Å². The van der Waals surface area contributed by atoms with Crippen LogP contribution >= 0.6 is 0 Å². The smallest absolute Gasteiger partial charge is 0.421 e. The number of likely N-dealkylation sites (N-methyl/N-ethyl adjacent to an activating group) is 1. The van der Waals surface area contributed by atoms with Gasteiger partial charge in [-0.3, -0.25) is 0 Å². The first-order chi connectivity index (χ1) is 10.7. The van der Waals surface area contributed by atoms with Crippen molar-refractivity contribution in [2.24, 2.45) is 0 Å². The van der Waals surface area contributed by atoms with E-state index in [-0.39, 0.29) is 23.9 Å². The molecule has 128 valence electrons. The third kappa shape index (κ3) is 2.31. The van der Waals surface area contributed by atoms with Gasteiger partial charge in [0, 0.05) is 24.2 Å². The SMILES string of the molecule is COc1c2c(c([C@@](C)(O)C(F)(F)F)c3c1OCO3)CCN(C)C2. The van der Waals surface area contributed by atoms with Gasteiger partial charge in [-0.2, -0.15) is 13.2 Å². The highest BCUT2D eigenvalue weighted by molar-refractivity contribution is 5.67. The van der Waals surface area contributed by atoms with Crippen LogP contribution < -0.4 is 14.2 Å². The normalized spacial score (nSPS) is 20.1. The molecule has 2 heterocycles. The Bertz CT molecular complexity index is 643. The molecule has 0 amide bonds. The molecular weight excluding hydrogens is 315 g/mol. The quantitative estimate of drug-likeness (QED) is 0.899. The summed E-state index contributed by atoms with van der Waals surface area (Å²) in [5.74, 6) is 0.425. The summed E-state index contributed by atoms with van der Waals surface area (Å²) in [4.78, 5) is 1.97. The van der Waals surface area contributed by atoms with Gasteiger partial charge < -0.3 is 24.2 Å². The average molecular weight is 333 g/mol. The molecule has 0 bridgehead atoms. The second-order valence-electron chi connectivity index (χ2n) is 5.99. The van der Waals surface area contributed by atoms with Gasteiger partial charge in [0.2, 0.25) is 12.5 Å². The highest BCUT2D eigenvalue weighted by Gasteiger charge is 2.55. The molecule has 0 unspecified atom stereocenters. The number of benzene rings is 1. The Hall–Kier alpha value is -1.67. The van der Waals surface area contributed by atoms with Crippen molar-refractivity contribution in [2.75, 3.05) is 27.5 Å². The van der Waals surface area contributed by atoms with Crippen molar-refractivity contribution >= 4 is 0 Å². The molecule has 0 aliphatic carbocycles. The second-order valence-corrected chi connectivity index (χ2v) is 5.99. The Morgan fingerprint density at radius 1 is 1.17 bits per heavy atom. The second kappa shape index (κ2) is 5.17. The number of aliphatic hydroxyl groups is 1. The van der Waals surface area contributed by atoms with Gasteiger partial charge in [-0.1, -0.05) is 0 Å². The standard InChI is InChI=1S/C15H18F3NO4/c1-14(20,15(16,17)18)10-8-4-5-19(2)6-9(8)11(21-3)13-12(10)22-7-23-13/h20H,4-7H2,1-3H3/t14-/m1/s1. The lowest BCUT2D eigenvalue weighted by Crippen LogP contribution is -2.41. The van der Waals surface area contributed by atoms with Gasteiger partial charge in [0.15, 0.2) is 17.1 Å². The number of halogens is 3. The van der Waals surface area contributed by atoms with E-state index in [2.05, 4.69) is 0 Å². The molecule has 2 aliphatic heterocycles. The molecule has 1 aromatic rings. The summed E-state index contributed by atoms with van der Waals surface area (Å²) in [7, 11) is 3.31. The molecule has 1 atom stereocenters. The van der Waals surface area contributed by atoms with E-state index in [0.717, 1.165) is 6.92 Å². The lowest BCUT2D eigenvalue weighted by atomic mass is 9.83. The van der Waals surface area contributed by atoms with Gasteiger partial charge in [0.25, 0.3) is 0 Å². The van der Waals surface area contributed by atoms with Crippen molar-refractivity contribution in [1.82, 2.24) is 4.90 Å². The summed E-state index contributed by atoms with van der Waals surface area (Å²) in [6.07, 6.45) is -4.47. The summed E-state index contributed by atoms with van der Waals surface area (Å²) in [5, 5.41) is 10.3. The van der Waals surface area contributed by atoms with E-state index in [1.54, 1.807) is 0 Å². The molecule has 0 radical (unpaired) electrons. The fourth-order valence-electron chi connectivity index (χ4n) is 3.16. The highest BCUT2D eigenvalue weighted by atomic mass is 19.4. The van der Waals surface area contributed by atoms with Gasteiger partial charge in [0.1, 0.15) is 0 Å². The number of methoxy groups -OCH3 is 1. The van der Waals surface area contributed by atoms with E-state index >= 15 is 0 Å². The largest absolute Gasteiger partial charge is 0.492 e. The summed E-state index contributed by atoms with van der Waals surface area (Å²) < 4.78 is 56.2. The lowest BCUT2D eigenvalue weighted by Gasteiger charge is -2.35. The molecule has 0 fully saturated rings. The minimum atomic E-state index is -4.83. The first-order valence-corrected chi connectivity index (χ1v) is 7.18. The molecule has 0 saturated carbocycles. The number of alkyl halides is 3. The van der Waals surface area contributed by atoms with Gasteiger partial charge >= 0.3 is 6.18 Å². The van der Waals surface area contributed by atoms with Crippen LogP contribution in [0.15, 0.2) is 0 Å². The van der Waals surface area contributed by atoms with Crippen LogP contribution in [-0.4, -0.2) is 43.7 Å². The van der Waals surface area contributed by atoms with Gasteiger partial charge in [-0.15, -0.1) is 0 Å². The van der Waals surface area contributed by atoms with Crippen molar-refractivity contribution in [1.29, 1.82) is 0 Å². The predicted molar refractivity (Wildman–Crippen MR) is 74.8 cm³/mol. The fraction of sp³-hybridized carbons (Fsp3) is 0.600. The molecule has 0 saturated heterocycles. The van der Waals surface area contributed by atoms with Gasteiger partial charge in [-0.25, -0.2) is 0 Å². The fourth-order valence-corrected chi connectivity index (χ4v) is 3.16. The van der Waals surface area contributed by atoms with Crippen molar-refractivity contribution in [2.45, 2.75) is 31.7 Å². The third-order valence-electron chi connectivity index (χ3n) is 4.40. The molecule has 1 N–H and O–H groups in total. The Morgan fingerprint density at radius 3 is 2.43 bits per heavy atom. The topological polar surface area (TPSA) is 51.2 Å². The lowest BCUT2D eigenvalue weighted by molar-refractivity contribution is -0.259. The third-order valence-corrected chi connectivity index (χ3v) is 4.40. The monoisotopic (exact) mass is 333 g/mol. The van der Waals surface area contributed by atoms with Gasteiger partial charge in [-0.05, 0) is 26.0 Å². The number of ether oxygens (including phenoxy) is 3. The number of hydrogen-bond donors (Lipinski definition) is 1. The molecular formula is C15H18F3NO4. The van der Waals surface area contributed by atoms with Crippen LogP contribution in [0, 0.1) is 0 Å². The van der Waals surface area contributed by atoms with Crippen LogP contribution in [-0.2, 0) is 18.6 Å². The predicted octanol–water partition coefficient (Wildman–Crippen LogP) is 2.18. The number of nitrogens with zero attached hydrogens (tertiary/aromatic N) is 1. The Morgan fingerprint density at radius 2 is 1.83 bits per heavy atom. The van der Waals surface area contributed by atoms with Crippen LogP contribution in [0.2, 0.25) is 0 Å². The maximum absolute atomic E-state index is 13.4. The molecule has 0 aromatic heterocycles.